The zero-order valence-corrected chi connectivity index (χ0v) is 20.5. The highest BCUT2D eigenvalue weighted by atomic mass is 32.2. The molecule has 3 rings (SSSR count). The second kappa shape index (κ2) is 10.2. The first-order valence-electron chi connectivity index (χ1n) is 10.7. The number of carbonyl (C=O) groups excluding carboxylic acids is 1. The Morgan fingerprint density at radius 3 is 2.24 bits per heavy atom. The Hall–Kier alpha value is -3.10. The van der Waals surface area contributed by atoms with Crippen LogP contribution < -0.4 is 4.74 Å². The van der Waals surface area contributed by atoms with E-state index < -0.39 is 16.0 Å². The van der Waals surface area contributed by atoms with Gasteiger partial charge in [0.25, 0.3) is 0 Å². The van der Waals surface area contributed by atoms with Crippen molar-refractivity contribution in [1.82, 2.24) is 9.29 Å². The van der Waals surface area contributed by atoms with Crippen LogP contribution in [0.4, 0.5) is 0 Å². The average molecular weight is 471 g/mol. The summed E-state index contributed by atoms with van der Waals surface area (Å²) in [6, 6.07) is 14.2. The van der Waals surface area contributed by atoms with Crippen molar-refractivity contribution in [2.24, 2.45) is 0 Å². The predicted molar refractivity (Wildman–Crippen MR) is 127 cm³/mol. The van der Waals surface area contributed by atoms with Gasteiger partial charge in [-0.2, -0.15) is 4.31 Å². The number of hydrogen-bond acceptors (Lipinski definition) is 5. The molecular weight excluding hydrogens is 440 g/mol. The molecule has 0 saturated heterocycles. The molecule has 0 spiro atoms. The molecule has 8 heteroatoms. The van der Waals surface area contributed by atoms with Gasteiger partial charge in [-0.15, -0.1) is 0 Å². The van der Waals surface area contributed by atoms with Crippen LogP contribution in [0.1, 0.15) is 45.4 Å². The number of aryl methyl sites for hydroxylation is 1. The Bertz CT molecular complexity index is 1230. The average Bonchev–Trinajstić information content (AvgIpc) is 3.08. The van der Waals surface area contributed by atoms with E-state index in [1.165, 1.54) is 4.31 Å². The minimum Gasteiger partial charge on any atom is -0.497 e. The minimum absolute atomic E-state index is 0.0781. The molecule has 1 heterocycles. The van der Waals surface area contributed by atoms with Gasteiger partial charge in [-0.05, 0) is 68.1 Å². The summed E-state index contributed by atoms with van der Waals surface area (Å²) in [6.45, 7) is 7.72. The van der Waals surface area contributed by atoms with Gasteiger partial charge in [0, 0.05) is 12.2 Å². The lowest BCUT2D eigenvalue weighted by Gasteiger charge is -2.23. The van der Waals surface area contributed by atoms with E-state index in [1.54, 1.807) is 51.3 Å². The standard InChI is InChI=1S/C25H30N2O5S/c1-6-32-25(28)24-19(4)18(3)22(26-24)16-27(15-20-11-13-21(31-5)14-12-20)33(29,30)23-10-8-7-9-17(23)2/h7-14,26H,6,15-16H2,1-5H3. The molecular formula is C25H30N2O5S. The van der Waals surface area contributed by atoms with Crippen LogP contribution in [0.3, 0.4) is 0 Å². The molecule has 0 aliphatic heterocycles. The van der Waals surface area contributed by atoms with Gasteiger partial charge >= 0.3 is 5.97 Å². The van der Waals surface area contributed by atoms with Gasteiger partial charge in [0.15, 0.2) is 0 Å². The number of rotatable bonds is 9. The second-order valence-corrected chi connectivity index (χ2v) is 9.74. The summed E-state index contributed by atoms with van der Waals surface area (Å²) < 4.78 is 39.2. The van der Waals surface area contributed by atoms with Crippen LogP contribution >= 0.6 is 0 Å². The van der Waals surface area contributed by atoms with Crippen molar-refractivity contribution in [3.63, 3.8) is 0 Å². The van der Waals surface area contributed by atoms with Crippen LogP contribution in [0.15, 0.2) is 53.4 Å². The lowest BCUT2D eigenvalue weighted by molar-refractivity contribution is 0.0519. The smallest absolute Gasteiger partial charge is 0.355 e. The topological polar surface area (TPSA) is 88.7 Å². The molecule has 0 unspecified atom stereocenters. The lowest BCUT2D eigenvalue weighted by Crippen LogP contribution is -2.31. The van der Waals surface area contributed by atoms with Crippen LogP contribution in [-0.4, -0.2) is 37.4 Å². The quantitative estimate of drug-likeness (QED) is 0.465. The maximum Gasteiger partial charge on any atom is 0.355 e. The van der Waals surface area contributed by atoms with E-state index in [2.05, 4.69) is 4.98 Å². The first-order valence-corrected chi connectivity index (χ1v) is 12.2. The maximum atomic E-state index is 13.7. The van der Waals surface area contributed by atoms with Crippen molar-refractivity contribution in [3.8, 4) is 5.75 Å². The van der Waals surface area contributed by atoms with Crippen molar-refractivity contribution in [3.05, 3.63) is 82.2 Å². The third-order valence-corrected chi connectivity index (χ3v) is 7.66. The molecule has 2 aromatic carbocycles. The Morgan fingerprint density at radius 1 is 0.970 bits per heavy atom. The number of hydrogen-bond donors (Lipinski definition) is 1. The van der Waals surface area contributed by atoms with Gasteiger partial charge in [-0.1, -0.05) is 30.3 Å². The molecule has 0 saturated carbocycles. The van der Waals surface area contributed by atoms with Crippen molar-refractivity contribution < 1.29 is 22.7 Å². The monoisotopic (exact) mass is 470 g/mol. The van der Waals surface area contributed by atoms with Crippen LogP contribution in [0.2, 0.25) is 0 Å². The second-order valence-electron chi connectivity index (χ2n) is 7.84. The number of methoxy groups -OCH3 is 1. The number of carbonyl (C=O) groups is 1. The van der Waals surface area contributed by atoms with Gasteiger partial charge in [0.2, 0.25) is 10.0 Å². The Kier molecular flexibility index (Phi) is 7.61. The van der Waals surface area contributed by atoms with E-state index in [4.69, 9.17) is 9.47 Å². The van der Waals surface area contributed by atoms with E-state index in [0.717, 1.165) is 16.7 Å². The van der Waals surface area contributed by atoms with Crippen molar-refractivity contribution in [2.75, 3.05) is 13.7 Å². The summed E-state index contributed by atoms with van der Waals surface area (Å²) in [6.07, 6.45) is 0. The van der Waals surface area contributed by atoms with Gasteiger partial charge < -0.3 is 14.5 Å². The first kappa shape index (κ1) is 24.5. The molecule has 3 aromatic rings. The number of sulfonamides is 1. The molecule has 7 nitrogen and oxygen atoms in total. The van der Waals surface area contributed by atoms with Crippen molar-refractivity contribution >= 4 is 16.0 Å². The summed E-state index contributed by atoms with van der Waals surface area (Å²) in [7, 11) is -2.24. The Morgan fingerprint density at radius 2 is 1.64 bits per heavy atom. The molecule has 0 atom stereocenters. The molecule has 0 radical (unpaired) electrons. The molecule has 33 heavy (non-hydrogen) atoms. The van der Waals surface area contributed by atoms with Gasteiger partial charge in [-0.3, -0.25) is 0 Å². The number of aromatic nitrogens is 1. The fourth-order valence-electron chi connectivity index (χ4n) is 3.64. The van der Waals surface area contributed by atoms with E-state index in [-0.39, 0.29) is 24.6 Å². The van der Waals surface area contributed by atoms with E-state index in [9.17, 15) is 13.2 Å². The molecule has 0 bridgehead atoms. The van der Waals surface area contributed by atoms with Gasteiger partial charge in [-0.25, -0.2) is 13.2 Å². The van der Waals surface area contributed by atoms with Gasteiger partial charge in [0.1, 0.15) is 11.4 Å². The first-order chi connectivity index (χ1) is 15.7. The largest absolute Gasteiger partial charge is 0.497 e. The highest BCUT2D eigenvalue weighted by Crippen LogP contribution is 2.27. The predicted octanol–water partition coefficient (Wildman–Crippen LogP) is 4.52. The number of ether oxygens (including phenoxy) is 2. The number of nitrogens with zero attached hydrogens (tertiary/aromatic N) is 1. The van der Waals surface area contributed by atoms with Crippen LogP contribution in [-0.2, 0) is 27.8 Å². The zero-order chi connectivity index (χ0) is 24.2. The number of H-pyrrole nitrogens is 1. The summed E-state index contributed by atoms with van der Waals surface area (Å²) in [4.78, 5) is 15.7. The van der Waals surface area contributed by atoms with E-state index in [0.29, 0.717) is 22.7 Å². The van der Waals surface area contributed by atoms with Crippen LogP contribution in [0.5, 0.6) is 5.75 Å². The fourth-order valence-corrected chi connectivity index (χ4v) is 5.26. The van der Waals surface area contributed by atoms with Crippen molar-refractivity contribution in [2.45, 2.75) is 45.7 Å². The number of benzene rings is 2. The molecule has 0 aliphatic rings. The zero-order valence-electron chi connectivity index (χ0n) is 19.6. The summed E-state index contributed by atoms with van der Waals surface area (Å²) in [5.41, 5.74) is 4.07. The van der Waals surface area contributed by atoms with Gasteiger partial charge in [0.05, 0.1) is 25.2 Å². The molecule has 1 aromatic heterocycles. The minimum atomic E-state index is -3.83. The fraction of sp³-hybridized carbons (Fsp3) is 0.320. The highest BCUT2D eigenvalue weighted by Gasteiger charge is 2.28. The summed E-state index contributed by atoms with van der Waals surface area (Å²) in [5, 5.41) is 0. The van der Waals surface area contributed by atoms with E-state index in [1.807, 2.05) is 32.0 Å². The molecule has 176 valence electrons. The Balaban J connectivity index is 2.03. The normalized spacial score (nSPS) is 11.6. The summed E-state index contributed by atoms with van der Waals surface area (Å²) >= 11 is 0. The SMILES string of the molecule is CCOC(=O)c1[nH]c(CN(Cc2ccc(OC)cc2)S(=O)(=O)c2ccccc2C)c(C)c1C. The molecule has 0 fully saturated rings. The van der Waals surface area contributed by atoms with Crippen LogP contribution in [0.25, 0.3) is 0 Å². The Labute approximate surface area is 195 Å². The molecule has 0 aliphatic carbocycles. The number of nitrogens with one attached hydrogen (secondary N) is 1. The number of esters is 1. The third kappa shape index (κ3) is 5.29. The highest BCUT2D eigenvalue weighted by molar-refractivity contribution is 7.89. The molecule has 0 amide bonds. The number of aromatic amines is 1. The van der Waals surface area contributed by atoms with Crippen molar-refractivity contribution in [1.29, 1.82) is 0 Å². The third-order valence-electron chi connectivity index (χ3n) is 5.71. The van der Waals surface area contributed by atoms with E-state index >= 15 is 0 Å². The summed E-state index contributed by atoms with van der Waals surface area (Å²) in [5.74, 6) is 0.245. The lowest BCUT2D eigenvalue weighted by atomic mass is 10.1. The van der Waals surface area contributed by atoms with Crippen LogP contribution in [0, 0.1) is 20.8 Å². The molecule has 1 N–H and O–H groups in total. The maximum absolute atomic E-state index is 13.7.